The molecule has 0 aliphatic carbocycles. The van der Waals surface area contributed by atoms with E-state index in [1.54, 1.807) is 13.1 Å². The first-order chi connectivity index (χ1) is 10.2. The molecule has 2 heterocycles. The molecular weight excluding hydrogens is 268 g/mol. The molecule has 5 nitrogen and oxygen atoms in total. The minimum Gasteiger partial charge on any atom is -0.482 e. The van der Waals surface area contributed by atoms with Crippen molar-refractivity contribution in [1.82, 2.24) is 9.97 Å². The van der Waals surface area contributed by atoms with E-state index < -0.39 is 0 Å². The third-order valence-electron chi connectivity index (χ3n) is 3.34. The zero-order chi connectivity index (χ0) is 14.8. The summed E-state index contributed by atoms with van der Waals surface area (Å²) < 4.78 is 10.3. The Bertz CT molecular complexity index is 808. The van der Waals surface area contributed by atoms with Crippen molar-refractivity contribution < 1.29 is 14.3 Å². The van der Waals surface area contributed by atoms with Gasteiger partial charge in [-0.1, -0.05) is 0 Å². The summed E-state index contributed by atoms with van der Waals surface area (Å²) in [6.45, 7) is 4.01. The van der Waals surface area contributed by atoms with Crippen molar-refractivity contribution in [2.75, 3.05) is 13.2 Å². The van der Waals surface area contributed by atoms with Gasteiger partial charge in [0.15, 0.2) is 6.61 Å². The Hall–Kier alpha value is -2.56. The van der Waals surface area contributed by atoms with Crippen LogP contribution in [0.1, 0.15) is 12.6 Å². The zero-order valence-corrected chi connectivity index (χ0v) is 12.0. The number of aromatic nitrogens is 2. The Morgan fingerprint density at radius 2 is 2.14 bits per heavy atom. The molecule has 0 aliphatic heterocycles. The van der Waals surface area contributed by atoms with Crippen LogP contribution in [0.5, 0.6) is 5.75 Å². The van der Waals surface area contributed by atoms with E-state index in [0.29, 0.717) is 12.4 Å². The highest BCUT2D eigenvalue weighted by Crippen LogP contribution is 2.29. The molecule has 0 saturated heterocycles. The molecule has 3 aromatic rings. The van der Waals surface area contributed by atoms with Crippen molar-refractivity contribution >= 4 is 27.8 Å². The van der Waals surface area contributed by atoms with Crippen LogP contribution in [0.25, 0.3) is 21.8 Å². The van der Waals surface area contributed by atoms with Gasteiger partial charge < -0.3 is 14.5 Å². The minimum absolute atomic E-state index is 0.0832. The highest BCUT2D eigenvalue weighted by molar-refractivity contribution is 6.08. The minimum atomic E-state index is -0.366. The molecule has 1 N–H and O–H groups in total. The number of carbonyl (C=O) groups excluding carboxylic acids is 1. The quantitative estimate of drug-likeness (QED) is 0.748. The smallest absolute Gasteiger partial charge is 0.344 e. The van der Waals surface area contributed by atoms with Crippen molar-refractivity contribution in [2.24, 2.45) is 0 Å². The Morgan fingerprint density at radius 1 is 1.29 bits per heavy atom. The van der Waals surface area contributed by atoms with Crippen LogP contribution in [-0.2, 0) is 9.53 Å². The van der Waals surface area contributed by atoms with Crippen LogP contribution in [0.15, 0.2) is 30.5 Å². The van der Waals surface area contributed by atoms with E-state index in [1.807, 2.05) is 31.2 Å². The van der Waals surface area contributed by atoms with Crippen LogP contribution in [0, 0.1) is 6.92 Å². The van der Waals surface area contributed by atoms with Gasteiger partial charge in [0.05, 0.1) is 23.3 Å². The molecule has 3 rings (SSSR count). The second-order valence-corrected chi connectivity index (χ2v) is 4.75. The van der Waals surface area contributed by atoms with Gasteiger partial charge in [0.25, 0.3) is 0 Å². The van der Waals surface area contributed by atoms with E-state index in [0.717, 1.165) is 27.5 Å². The number of aromatic amines is 1. The van der Waals surface area contributed by atoms with Gasteiger partial charge in [0.2, 0.25) is 0 Å². The number of benzene rings is 1. The second-order valence-electron chi connectivity index (χ2n) is 4.75. The number of hydrogen-bond acceptors (Lipinski definition) is 4. The number of ether oxygens (including phenoxy) is 2. The Morgan fingerprint density at radius 3 is 2.95 bits per heavy atom. The fourth-order valence-corrected chi connectivity index (χ4v) is 2.38. The molecule has 108 valence electrons. The summed E-state index contributed by atoms with van der Waals surface area (Å²) in [4.78, 5) is 18.9. The first kappa shape index (κ1) is 13.4. The summed E-state index contributed by atoms with van der Waals surface area (Å²) in [7, 11) is 0. The average Bonchev–Trinajstić information content (AvgIpc) is 2.85. The van der Waals surface area contributed by atoms with Gasteiger partial charge in [-0.2, -0.15) is 0 Å². The highest BCUT2D eigenvalue weighted by Gasteiger charge is 2.08. The van der Waals surface area contributed by atoms with Crippen LogP contribution in [-0.4, -0.2) is 29.2 Å². The number of H-pyrrole nitrogens is 1. The summed E-state index contributed by atoms with van der Waals surface area (Å²) in [6.07, 6.45) is 1.80. The maximum atomic E-state index is 11.3. The van der Waals surface area contributed by atoms with Gasteiger partial charge >= 0.3 is 5.97 Å². The van der Waals surface area contributed by atoms with Crippen LogP contribution >= 0.6 is 0 Å². The van der Waals surface area contributed by atoms with Gasteiger partial charge in [-0.3, -0.25) is 4.98 Å². The first-order valence-electron chi connectivity index (χ1n) is 6.84. The number of nitrogens with one attached hydrogen (secondary N) is 1. The molecule has 0 atom stereocenters. The second kappa shape index (κ2) is 5.44. The normalized spacial score (nSPS) is 11.0. The molecule has 0 bridgehead atoms. The average molecular weight is 284 g/mol. The Balaban J connectivity index is 1.92. The van der Waals surface area contributed by atoms with E-state index in [2.05, 4.69) is 9.97 Å². The lowest BCUT2D eigenvalue weighted by Gasteiger charge is -2.05. The number of fused-ring (bicyclic) bond motifs is 3. The van der Waals surface area contributed by atoms with Crippen LogP contribution in [0.4, 0.5) is 0 Å². The van der Waals surface area contributed by atoms with E-state index in [4.69, 9.17) is 9.47 Å². The lowest BCUT2D eigenvalue weighted by Crippen LogP contribution is -2.14. The summed E-state index contributed by atoms with van der Waals surface area (Å²) in [6, 6.07) is 7.70. The lowest BCUT2D eigenvalue weighted by atomic mass is 10.1. The predicted molar refractivity (Wildman–Crippen MR) is 80.5 cm³/mol. The van der Waals surface area contributed by atoms with E-state index in [-0.39, 0.29) is 12.6 Å². The van der Waals surface area contributed by atoms with E-state index >= 15 is 0 Å². The standard InChI is InChI=1S/C16H16N2O3/c1-3-20-15(19)9-21-11-4-5-12-13-6-7-17-10(2)16(13)18-14(12)8-11/h4-8,18H,3,9H2,1-2H3. The molecule has 5 heteroatoms. The summed E-state index contributed by atoms with van der Waals surface area (Å²) in [5.74, 6) is 0.266. The Kier molecular flexibility index (Phi) is 3.48. The molecule has 0 saturated carbocycles. The van der Waals surface area contributed by atoms with Crippen molar-refractivity contribution in [3.8, 4) is 5.75 Å². The molecule has 0 spiro atoms. The van der Waals surface area contributed by atoms with Gasteiger partial charge in [-0.15, -0.1) is 0 Å². The van der Waals surface area contributed by atoms with Crippen LogP contribution in [0.3, 0.4) is 0 Å². The number of hydrogen-bond donors (Lipinski definition) is 1. The van der Waals surface area contributed by atoms with Crippen LogP contribution in [0.2, 0.25) is 0 Å². The van der Waals surface area contributed by atoms with Crippen molar-refractivity contribution in [3.05, 3.63) is 36.2 Å². The number of rotatable bonds is 4. The molecule has 21 heavy (non-hydrogen) atoms. The highest BCUT2D eigenvalue weighted by atomic mass is 16.6. The lowest BCUT2D eigenvalue weighted by molar-refractivity contribution is -0.145. The maximum Gasteiger partial charge on any atom is 0.344 e. The van der Waals surface area contributed by atoms with E-state index in [1.165, 1.54) is 0 Å². The maximum absolute atomic E-state index is 11.3. The fourth-order valence-electron chi connectivity index (χ4n) is 2.38. The van der Waals surface area contributed by atoms with Crippen molar-refractivity contribution in [3.63, 3.8) is 0 Å². The molecule has 0 amide bonds. The summed E-state index contributed by atoms with van der Waals surface area (Å²) in [5.41, 5.74) is 2.94. The van der Waals surface area contributed by atoms with Gasteiger partial charge in [0.1, 0.15) is 5.75 Å². The van der Waals surface area contributed by atoms with Gasteiger partial charge in [-0.25, -0.2) is 4.79 Å². The molecule has 1 aromatic carbocycles. The topological polar surface area (TPSA) is 64.2 Å². The monoisotopic (exact) mass is 284 g/mol. The largest absolute Gasteiger partial charge is 0.482 e. The Labute approximate surface area is 121 Å². The fraction of sp³-hybridized carbons (Fsp3) is 0.250. The number of nitrogens with zero attached hydrogens (tertiary/aromatic N) is 1. The predicted octanol–water partition coefficient (Wildman–Crippen LogP) is 2.97. The molecule has 0 fully saturated rings. The van der Waals surface area contributed by atoms with Crippen molar-refractivity contribution in [1.29, 1.82) is 0 Å². The first-order valence-corrected chi connectivity index (χ1v) is 6.84. The third-order valence-corrected chi connectivity index (χ3v) is 3.34. The van der Waals surface area contributed by atoms with Crippen LogP contribution < -0.4 is 4.74 Å². The SMILES string of the molecule is CCOC(=O)COc1ccc2c(c1)[nH]c1c(C)nccc12. The third kappa shape index (κ3) is 2.54. The number of pyridine rings is 1. The van der Waals surface area contributed by atoms with Gasteiger partial charge in [0, 0.05) is 23.0 Å². The molecule has 0 aliphatic rings. The number of esters is 1. The molecule has 0 unspecified atom stereocenters. The molecule has 2 aromatic heterocycles. The molecular formula is C16H16N2O3. The van der Waals surface area contributed by atoms with Crippen molar-refractivity contribution in [2.45, 2.75) is 13.8 Å². The zero-order valence-electron chi connectivity index (χ0n) is 12.0. The number of aryl methyl sites for hydroxylation is 1. The van der Waals surface area contributed by atoms with E-state index in [9.17, 15) is 4.79 Å². The molecule has 0 radical (unpaired) electrons. The van der Waals surface area contributed by atoms with Gasteiger partial charge in [-0.05, 0) is 32.0 Å². The summed E-state index contributed by atoms with van der Waals surface area (Å²) in [5, 5.41) is 2.24. The summed E-state index contributed by atoms with van der Waals surface area (Å²) >= 11 is 0. The number of carbonyl (C=O) groups is 1.